The second kappa shape index (κ2) is 81.6. The van der Waals surface area contributed by atoms with Crippen molar-refractivity contribution in [2.75, 3.05) is 26.4 Å². The van der Waals surface area contributed by atoms with Gasteiger partial charge in [-0.15, -0.1) is 0 Å². The number of esters is 2. The molecule has 0 heterocycles. The number of nitrogens with two attached hydrogens (primary N) is 1. The van der Waals surface area contributed by atoms with Gasteiger partial charge in [0.2, 0.25) is 0 Å². The molecule has 99 heavy (non-hydrogen) atoms. The van der Waals surface area contributed by atoms with Gasteiger partial charge >= 0.3 is 19.8 Å². The number of hydrogen-bond donors (Lipinski definition) is 2. The van der Waals surface area contributed by atoms with Gasteiger partial charge in [0.05, 0.1) is 13.2 Å². The molecule has 0 fully saturated rings. The molecular weight excluding hydrogens is 1240 g/mol. The Morgan fingerprint density at radius 2 is 0.525 bits per heavy atom. The number of unbranched alkanes of at least 4 members (excludes halogenated alkanes) is 25. The number of hydrogen-bond acceptors (Lipinski definition) is 8. The fourth-order valence-corrected chi connectivity index (χ4v) is 11.2. The molecular formula is C89H144NO8P. The summed E-state index contributed by atoms with van der Waals surface area (Å²) in [6.45, 7) is 3.50. The summed E-state index contributed by atoms with van der Waals surface area (Å²) < 4.78 is 33.2. The molecule has 2 atom stereocenters. The lowest BCUT2D eigenvalue weighted by Gasteiger charge is -2.19. The second-order valence-electron chi connectivity index (χ2n) is 25.5. The van der Waals surface area contributed by atoms with Crippen molar-refractivity contribution < 1.29 is 37.6 Å². The van der Waals surface area contributed by atoms with Crippen molar-refractivity contribution in [3.8, 4) is 0 Å². The lowest BCUT2D eigenvalue weighted by Crippen LogP contribution is -2.29. The van der Waals surface area contributed by atoms with Gasteiger partial charge in [0.1, 0.15) is 6.61 Å². The fourth-order valence-electron chi connectivity index (χ4n) is 10.4. The van der Waals surface area contributed by atoms with Crippen LogP contribution in [-0.4, -0.2) is 49.3 Å². The molecule has 9 nitrogen and oxygen atoms in total. The number of phosphoric acid groups is 1. The minimum absolute atomic E-state index is 0.0430. The number of carbonyl (C=O) groups excluding carboxylic acids is 2. The van der Waals surface area contributed by atoms with Crippen LogP contribution in [0.25, 0.3) is 0 Å². The van der Waals surface area contributed by atoms with E-state index in [4.69, 9.17) is 24.3 Å². The monoisotopic (exact) mass is 1390 g/mol. The summed E-state index contributed by atoms with van der Waals surface area (Å²) in [6.07, 6.45) is 125. The van der Waals surface area contributed by atoms with E-state index in [0.717, 1.165) is 161 Å². The Hall–Kier alpha value is -5.41. The van der Waals surface area contributed by atoms with Crippen molar-refractivity contribution in [1.29, 1.82) is 0 Å². The predicted octanol–water partition coefficient (Wildman–Crippen LogP) is 27.0. The van der Waals surface area contributed by atoms with Crippen LogP contribution in [0.5, 0.6) is 0 Å². The zero-order valence-electron chi connectivity index (χ0n) is 62.9. The van der Waals surface area contributed by atoms with Crippen LogP contribution < -0.4 is 5.73 Å². The summed E-state index contributed by atoms with van der Waals surface area (Å²) in [5.41, 5.74) is 5.41. The number of ether oxygens (including phenoxy) is 2. The molecule has 0 amide bonds. The van der Waals surface area contributed by atoms with Crippen LogP contribution in [0.15, 0.2) is 207 Å². The summed E-state index contributed by atoms with van der Waals surface area (Å²) in [7, 11) is -4.41. The van der Waals surface area contributed by atoms with Crippen molar-refractivity contribution in [2.24, 2.45) is 5.73 Å². The van der Waals surface area contributed by atoms with Gasteiger partial charge in [0, 0.05) is 19.4 Å². The van der Waals surface area contributed by atoms with Gasteiger partial charge in [0.25, 0.3) is 0 Å². The molecule has 0 aromatic rings. The third kappa shape index (κ3) is 81.4. The SMILES string of the molecule is CC/C=C\C/C=C\C/C=C\C/C=C\C/C=C\C/C=C\C/C=C\C/C=C\C/C=C\C/C=C\C/C=C\CCCCCCCCCC(=O)OC(COC(=O)CCCCCCCCCCCCCCCCCCCC/C=C\C/C=C\C/C=C\C/C=C\C/C=C\C/C=C\CC)COP(=O)(O)OCCN. The first kappa shape index (κ1) is 93.6. The second-order valence-corrected chi connectivity index (χ2v) is 26.9. The highest BCUT2D eigenvalue weighted by atomic mass is 31.2. The largest absolute Gasteiger partial charge is 0.472 e. The van der Waals surface area contributed by atoms with Crippen molar-refractivity contribution in [3.05, 3.63) is 207 Å². The first-order chi connectivity index (χ1) is 48.8. The third-order valence-electron chi connectivity index (χ3n) is 16.2. The fraction of sp³-hybridized carbons (Fsp3) is 0.596. The summed E-state index contributed by atoms with van der Waals surface area (Å²) in [4.78, 5) is 35.5. The Kier molecular flexibility index (Phi) is 77.1. The normalized spacial score (nSPS) is 14.0. The molecule has 0 saturated carbocycles. The van der Waals surface area contributed by atoms with Gasteiger partial charge < -0.3 is 20.1 Å². The van der Waals surface area contributed by atoms with E-state index >= 15 is 0 Å². The zero-order chi connectivity index (χ0) is 71.5. The molecule has 0 radical (unpaired) electrons. The molecule has 0 aliphatic heterocycles. The lowest BCUT2D eigenvalue weighted by molar-refractivity contribution is -0.161. The van der Waals surface area contributed by atoms with E-state index in [2.05, 4.69) is 220 Å². The van der Waals surface area contributed by atoms with E-state index in [-0.39, 0.29) is 38.6 Å². The first-order valence-electron chi connectivity index (χ1n) is 39.6. The maximum Gasteiger partial charge on any atom is 0.472 e. The molecule has 0 bridgehead atoms. The van der Waals surface area contributed by atoms with E-state index in [0.29, 0.717) is 6.42 Å². The minimum Gasteiger partial charge on any atom is -0.462 e. The third-order valence-corrected chi connectivity index (χ3v) is 17.1. The number of carbonyl (C=O) groups is 2. The van der Waals surface area contributed by atoms with Crippen molar-refractivity contribution >= 4 is 19.8 Å². The zero-order valence-corrected chi connectivity index (χ0v) is 63.8. The predicted molar refractivity (Wildman–Crippen MR) is 431 cm³/mol. The first-order valence-corrected chi connectivity index (χ1v) is 41.1. The van der Waals surface area contributed by atoms with Gasteiger partial charge in [0.15, 0.2) is 6.10 Å². The molecule has 0 aromatic heterocycles. The molecule has 558 valence electrons. The lowest BCUT2D eigenvalue weighted by atomic mass is 10.0. The van der Waals surface area contributed by atoms with E-state index in [9.17, 15) is 19.0 Å². The van der Waals surface area contributed by atoms with E-state index in [1.54, 1.807) is 0 Å². The molecule has 2 unspecified atom stereocenters. The molecule has 0 aliphatic rings. The van der Waals surface area contributed by atoms with Gasteiger partial charge in [-0.3, -0.25) is 18.6 Å². The van der Waals surface area contributed by atoms with Crippen molar-refractivity contribution in [1.82, 2.24) is 0 Å². The van der Waals surface area contributed by atoms with Crippen LogP contribution in [-0.2, 0) is 32.7 Å². The topological polar surface area (TPSA) is 134 Å². The Labute approximate surface area is 608 Å². The van der Waals surface area contributed by atoms with Crippen LogP contribution in [0.1, 0.15) is 309 Å². The molecule has 0 aliphatic carbocycles. The Balaban J connectivity index is 3.93. The maximum atomic E-state index is 12.8. The van der Waals surface area contributed by atoms with Gasteiger partial charge in [-0.2, -0.15) is 0 Å². The highest BCUT2D eigenvalue weighted by Gasteiger charge is 2.26. The smallest absolute Gasteiger partial charge is 0.462 e. The number of allylic oxidation sites excluding steroid dienone is 34. The Morgan fingerprint density at radius 3 is 0.778 bits per heavy atom. The number of rotatable bonds is 72. The van der Waals surface area contributed by atoms with Crippen LogP contribution in [0.3, 0.4) is 0 Å². The highest BCUT2D eigenvalue weighted by molar-refractivity contribution is 7.47. The molecule has 3 N–H and O–H groups in total. The van der Waals surface area contributed by atoms with E-state index < -0.39 is 26.5 Å². The molecule has 0 aromatic carbocycles. The van der Waals surface area contributed by atoms with Crippen LogP contribution in [0.2, 0.25) is 0 Å². The van der Waals surface area contributed by atoms with Crippen LogP contribution in [0, 0.1) is 0 Å². The molecule has 0 saturated heterocycles. The summed E-state index contributed by atoms with van der Waals surface area (Å²) in [6, 6.07) is 0. The standard InChI is InChI=1S/C89H144NO8P/c1-3-5-7-9-11-13-15-17-19-21-23-25-27-29-31-33-35-37-39-41-42-43-44-46-48-50-52-54-56-58-60-62-64-66-68-70-72-74-76-78-80-82-89(92)98-87(86-97-99(93,94)96-84-83-90)85-95-88(91)81-79-77-75-73-71-69-67-65-63-61-59-57-55-53-51-49-47-45-40-38-36-34-32-30-28-26-24-22-20-18-16-14-12-10-8-6-4-2/h5-8,11-14,17-20,23-26,29-32,35-38,41-42,44,46,50,52,56,58,62,64,87H,3-4,9-10,15-16,21-22,27-28,33-34,39-40,43,45,47-49,51,53-55,57,59-61,63,65-86,90H2,1-2H3,(H,93,94)/b7-5-,8-6-,13-11-,14-12-,19-17-,20-18-,25-23-,26-24-,31-29-,32-30-,37-35-,38-36-,42-41-,46-44-,52-50-,58-56-,64-62-. The van der Waals surface area contributed by atoms with Gasteiger partial charge in [-0.1, -0.05) is 355 Å². The average molecular weight is 1390 g/mol. The van der Waals surface area contributed by atoms with Crippen molar-refractivity contribution in [2.45, 2.75) is 315 Å². The average Bonchev–Trinajstić information content (AvgIpc) is 1.19. The van der Waals surface area contributed by atoms with Crippen molar-refractivity contribution in [3.63, 3.8) is 0 Å². The molecule has 0 rings (SSSR count). The summed E-state index contributed by atoms with van der Waals surface area (Å²) >= 11 is 0. The van der Waals surface area contributed by atoms with E-state index in [1.807, 2.05) is 0 Å². The quantitative estimate of drug-likeness (QED) is 0.0264. The Morgan fingerprint density at radius 1 is 0.303 bits per heavy atom. The summed E-state index contributed by atoms with van der Waals surface area (Å²) in [5.74, 6) is -0.845. The van der Waals surface area contributed by atoms with Crippen LogP contribution >= 0.6 is 7.82 Å². The Bertz CT molecular complexity index is 2390. The highest BCUT2D eigenvalue weighted by Crippen LogP contribution is 2.43. The maximum absolute atomic E-state index is 12.8. The summed E-state index contributed by atoms with van der Waals surface area (Å²) in [5, 5.41) is 0. The van der Waals surface area contributed by atoms with Gasteiger partial charge in [-0.05, 0) is 148 Å². The molecule has 10 heteroatoms. The van der Waals surface area contributed by atoms with Gasteiger partial charge in [-0.25, -0.2) is 4.57 Å². The molecule has 0 spiro atoms. The minimum atomic E-state index is -4.41. The van der Waals surface area contributed by atoms with E-state index in [1.165, 1.54) is 116 Å². The van der Waals surface area contributed by atoms with Crippen LogP contribution in [0.4, 0.5) is 0 Å². The number of phosphoric ester groups is 1.